The van der Waals surface area contributed by atoms with E-state index in [1.807, 2.05) is 6.92 Å². The molecule has 5 heteroatoms. The number of carbonyl (C=O) groups excluding carboxylic acids is 1. The van der Waals surface area contributed by atoms with Gasteiger partial charge in [0.1, 0.15) is 5.82 Å². The predicted octanol–water partition coefficient (Wildman–Crippen LogP) is 0.727. The van der Waals surface area contributed by atoms with Crippen LogP contribution in [0, 0.1) is 11.7 Å². The quantitative estimate of drug-likeness (QED) is 0.726. The van der Waals surface area contributed by atoms with Crippen LogP contribution < -0.4 is 16.2 Å². The lowest BCUT2D eigenvalue weighted by molar-refractivity contribution is -0.124. The molecule has 1 heterocycles. The van der Waals surface area contributed by atoms with Crippen molar-refractivity contribution >= 4 is 5.91 Å². The highest BCUT2D eigenvalue weighted by Crippen LogP contribution is 2.25. The van der Waals surface area contributed by atoms with Gasteiger partial charge in [0.15, 0.2) is 0 Å². The lowest BCUT2D eigenvalue weighted by Crippen LogP contribution is -2.34. The molecule has 1 aliphatic rings. The zero-order valence-corrected chi connectivity index (χ0v) is 9.66. The summed E-state index contributed by atoms with van der Waals surface area (Å²) in [5.41, 5.74) is 6.93. The number of nitrogens with one attached hydrogen (secondary N) is 3. The zero-order valence-electron chi connectivity index (χ0n) is 9.66. The van der Waals surface area contributed by atoms with E-state index in [0.29, 0.717) is 13.1 Å². The average molecular weight is 237 g/mol. The first-order chi connectivity index (χ1) is 8.22. The van der Waals surface area contributed by atoms with Gasteiger partial charge in [-0.05, 0) is 24.6 Å². The Balaban J connectivity index is 2.14. The molecule has 4 nitrogen and oxygen atoms in total. The number of amides is 1. The molecular weight excluding hydrogens is 221 g/mol. The van der Waals surface area contributed by atoms with Crippen LogP contribution in [0.1, 0.15) is 18.5 Å². The monoisotopic (exact) mass is 237 g/mol. The van der Waals surface area contributed by atoms with Gasteiger partial charge in [0.2, 0.25) is 5.91 Å². The van der Waals surface area contributed by atoms with E-state index in [2.05, 4.69) is 16.2 Å². The highest BCUT2D eigenvalue weighted by molar-refractivity contribution is 5.80. The van der Waals surface area contributed by atoms with Crippen molar-refractivity contribution in [3.05, 3.63) is 35.6 Å². The predicted molar refractivity (Wildman–Crippen MR) is 62.5 cm³/mol. The van der Waals surface area contributed by atoms with Crippen LogP contribution in [0.3, 0.4) is 0 Å². The van der Waals surface area contributed by atoms with Gasteiger partial charge in [0.25, 0.3) is 0 Å². The van der Waals surface area contributed by atoms with Crippen LogP contribution in [0.15, 0.2) is 24.3 Å². The molecule has 92 valence electrons. The van der Waals surface area contributed by atoms with Gasteiger partial charge < -0.3 is 5.32 Å². The van der Waals surface area contributed by atoms with Gasteiger partial charge >= 0.3 is 0 Å². The Kier molecular flexibility index (Phi) is 3.71. The average Bonchev–Trinajstić information content (AvgIpc) is 2.79. The molecule has 0 bridgehead atoms. The number of hydrogen-bond donors (Lipinski definition) is 3. The third-order valence-electron chi connectivity index (χ3n) is 2.90. The van der Waals surface area contributed by atoms with Gasteiger partial charge in [0.05, 0.1) is 12.0 Å². The van der Waals surface area contributed by atoms with Crippen molar-refractivity contribution in [1.82, 2.24) is 16.2 Å². The summed E-state index contributed by atoms with van der Waals surface area (Å²) in [4.78, 5) is 11.8. The topological polar surface area (TPSA) is 53.2 Å². The Bertz CT molecular complexity index is 393. The lowest BCUT2D eigenvalue weighted by atomic mass is 9.94. The fourth-order valence-corrected chi connectivity index (χ4v) is 2.03. The van der Waals surface area contributed by atoms with Crippen molar-refractivity contribution < 1.29 is 9.18 Å². The van der Waals surface area contributed by atoms with Gasteiger partial charge in [-0.15, -0.1) is 0 Å². The first kappa shape index (κ1) is 12.0. The first-order valence-corrected chi connectivity index (χ1v) is 5.74. The molecule has 1 aromatic rings. The van der Waals surface area contributed by atoms with Crippen LogP contribution in [0.25, 0.3) is 0 Å². The molecule has 1 amide bonds. The molecule has 2 atom stereocenters. The molecule has 0 aliphatic carbocycles. The van der Waals surface area contributed by atoms with Crippen molar-refractivity contribution in [3.63, 3.8) is 0 Å². The molecule has 1 aromatic carbocycles. The van der Waals surface area contributed by atoms with E-state index in [0.717, 1.165) is 5.56 Å². The van der Waals surface area contributed by atoms with Gasteiger partial charge in [-0.2, -0.15) is 0 Å². The van der Waals surface area contributed by atoms with Gasteiger partial charge in [0, 0.05) is 13.1 Å². The maximum atomic E-state index is 12.8. The molecule has 0 spiro atoms. The van der Waals surface area contributed by atoms with E-state index in [1.165, 1.54) is 12.1 Å². The smallest absolute Gasteiger partial charge is 0.226 e. The van der Waals surface area contributed by atoms with Gasteiger partial charge in [-0.3, -0.25) is 10.2 Å². The second-order valence-corrected chi connectivity index (χ2v) is 4.06. The maximum absolute atomic E-state index is 12.8. The van der Waals surface area contributed by atoms with E-state index in [9.17, 15) is 9.18 Å². The van der Waals surface area contributed by atoms with Crippen LogP contribution in [-0.2, 0) is 4.79 Å². The Morgan fingerprint density at radius 2 is 2.18 bits per heavy atom. The summed E-state index contributed by atoms with van der Waals surface area (Å²) in [6, 6.07) is 6.11. The van der Waals surface area contributed by atoms with Crippen molar-refractivity contribution in [2.75, 3.05) is 13.1 Å². The van der Waals surface area contributed by atoms with Crippen LogP contribution in [0.2, 0.25) is 0 Å². The van der Waals surface area contributed by atoms with E-state index in [1.54, 1.807) is 12.1 Å². The van der Waals surface area contributed by atoms with E-state index >= 15 is 0 Å². The fourth-order valence-electron chi connectivity index (χ4n) is 2.03. The lowest BCUT2D eigenvalue weighted by Gasteiger charge is -2.17. The highest BCUT2D eigenvalue weighted by atomic mass is 19.1. The molecular formula is C12H16FN3O. The molecule has 1 saturated heterocycles. The Labute approximate surface area is 99.6 Å². The maximum Gasteiger partial charge on any atom is 0.226 e. The molecule has 17 heavy (non-hydrogen) atoms. The summed E-state index contributed by atoms with van der Waals surface area (Å²) in [7, 11) is 0. The Morgan fingerprint density at radius 3 is 2.82 bits per heavy atom. The standard InChI is InChI=1S/C12H16FN3O/c1-2-14-12(17)10-7-15-16-11(10)8-3-5-9(13)6-4-8/h3-6,10-11,15-16H,2,7H2,1H3,(H,14,17). The number of hydrazine groups is 1. The van der Waals surface area contributed by atoms with Crippen LogP contribution >= 0.6 is 0 Å². The van der Waals surface area contributed by atoms with E-state index in [4.69, 9.17) is 0 Å². The number of carbonyl (C=O) groups is 1. The number of halogens is 1. The summed E-state index contributed by atoms with van der Waals surface area (Å²) in [6.45, 7) is 3.08. The summed E-state index contributed by atoms with van der Waals surface area (Å²) < 4.78 is 12.8. The second kappa shape index (κ2) is 5.25. The molecule has 1 aliphatic heterocycles. The minimum atomic E-state index is -0.269. The van der Waals surface area contributed by atoms with Gasteiger partial charge in [-0.1, -0.05) is 12.1 Å². The number of benzene rings is 1. The van der Waals surface area contributed by atoms with E-state index in [-0.39, 0.29) is 23.7 Å². The Morgan fingerprint density at radius 1 is 1.47 bits per heavy atom. The molecule has 0 radical (unpaired) electrons. The molecule has 0 saturated carbocycles. The highest BCUT2D eigenvalue weighted by Gasteiger charge is 2.33. The fraction of sp³-hybridized carbons (Fsp3) is 0.417. The summed E-state index contributed by atoms with van der Waals surface area (Å²) in [6.07, 6.45) is 0. The van der Waals surface area contributed by atoms with E-state index < -0.39 is 0 Å². The number of rotatable bonds is 3. The normalized spacial score (nSPS) is 23.6. The van der Waals surface area contributed by atoms with Crippen LogP contribution in [-0.4, -0.2) is 19.0 Å². The third-order valence-corrected chi connectivity index (χ3v) is 2.90. The Hall–Kier alpha value is -1.46. The molecule has 2 rings (SSSR count). The largest absolute Gasteiger partial charge is 0.356 e. The summed E-state index contributed by atoms with van der Waals surface area (Å²) >= 11 is 0. The summed E-state index contributed by atoms with van der Waals surface area (Å²) in [5.74, 6) is -0.422. The number of hydrogen-bond acceptors (Lipinski definition) is 3. The molecule has 3 N–H and O–H groups in total. The SMILES string of the molecule is CCNC(=O)C1CNNC1c1ccc(F)cc1. The van der Waals surface area contributed by atoms with Crippen LogP contribution in [0.5, 0.6) is 0 Å². The van der Waals surface area contributed by atoms with Crippen LogP contribution in [0.4, 0.5) is 4.39 Å². The third kappa shape index (κ3) is 2.62. The van der Waals surface area contributed by atoms with Crippen molar-refractivity contribution in [3.8, 4) is 0 Å². The van der Waals surface area contributed by atoms with Crippen molar-refractivity contribution in [1.29, 1.82) is 0 Å². The minimum Gasteiger partial charge on any atom is -0.356 e. The zero-order chi connectivity index (χ0) is 12.3. The van der Waals surface area contributed by atoms with Crippen molar-refractivity contribution in [2.45, 2.75) is 13.0 Å². The molecule has 1 fully saturated rings. The first-order valence-electron chi connectivity index (χ1n) is 5.74. The second-order valence-electron chi connectivity index (χ2n) is 4.06. The van der Waals surface area contributed by atoms with Crippen molar-refractivity contribution in [2.24, 2.45) is 5.92 Å². The molecule has 0 aromatic heterocycles. The molecule has 2 unspecified atom stereocenters. The van der Waals surface area contributed by atoms with Gasteiger partial charge in [-0.25, -0.2) is 9.82 Å². The minimum absolute atomic E-state index is 0.0133. The summed E-state index contributed by atoms with van der Waals surface area (Å²) in [5, 5.41) is 2.81.